The van der Waals surface area contributed by atoms with Crippen LogP contribution in [0.4, 0.5) is 0 Å². The van der Waals surface area contributed by atoms with Crippen molar-refractivity contribution < 1.29 is 27.9 Å². The van der Waals surface area contributed by atoms with Gasteiger partial charge in [-0.1, -0.05) is 0 Å². The standard InChI is InChI=1S/C17H39NO6Si3/c1-12(19)18-14-16(24-27(8,9)10)15(23-26(5,6)7)13(22-17(14)20)11-21-25(2,3)4/h13-17,20H,11H2,1-10H3,(H,18,19)/t13-,14-,15+,16-,17-/m1/s1. The number of hydrogen-bond donors (Lipinski definition) is 2. The summed E-state index contributed by atoms with van der Waals surface area (Å²) in [5.41, 5.74) is 0. The maximum atomic E-state index is 11.7. The number of rotatable bonds is 8. The van der Waals surface area contributed by atoms with Crippen molar-refractivity contribution in [3.8, 4) is 0 Å². The average molecular weight is 438 g/mol. The third-order valence-corrected chi connectivity index (χ3v) is 6.69. The van der Waals surface area contributed by atoms with Crippen LogP contribution in [0.1, 0.15) is 6.92 Å². The Hall–Kier alpha value is -0.0794. The van der Waals surface area contributed by atoms with E-state index in [1.165, 1.54) is 6.92 Å². The lowest BCUT2D eigenvalue weighted by Crippen LogP contribution is -2.68. The fourth-order valence-corrected chi connectivity index (χ4v) is 5.74. The van der Waals surface area contributed by atoms with Crippen molar-refractivity contribution in [1.82, 2.24) is 5.32 Å². The predicted molar refractivity (Wildman–Crippen MR) is 114 cm³/mol. The summed E-state index contributed by atoms with van der Waals surface area (Å²) in [6.07, 6.45) is -2.54. The molecule has 160 valence electrons. The summed E-state index contributed by atoms with van der Waals surface area (Å²) >= 11 is 0. The van der Waals surface area contributed by atoms with E-state index in [-0.39, 0.29) is 5.91 Å². The van der Waals surface area contributed by atoms with Crippen molar-refractivity contribution in [2.45, 2.75) is 96.5 Å². The maximum Gasteiger partial charge on any atom is 0.217 e. The summed E-state index contributed by atoms with van der Waals surface area (Å²) in [5, 5.41) is 13.4. The SMILES string of the molecule is CC(=O)N[C@@H]1[C@@H](O[Si](C)(C)C)[C@@H](O[Si](C)(C)C)[C@@H](CO[Si](C)(C)C)O[C@H]1O. The van der Waals surface area contributed by atoms with Crippen molar-refractivity contribution in [2.75, 3.05) is 6.61 Å². The monoisotopic (exact) mass is 437 g/mol. The van der Waals surface area contributed by atoms with E-state index >= 15 is 0 Å². The first kappa shape index (κ1) is 25.0. The van der Waals surface area contributed by atoms with Crippen LogP contribution < -0.4 is 5.32 Å². The molecule has 0 aromatic heterocycles. The number of ether oxygens (including phenoxy) is 1. The van der Waals surface area contributed by atoms with Gasteiger partial charge in [0.2, 0.25) is 5.91 Å². The molecule has 0 aromatic rings. The molecule has 1 rings (SSSR count). The summed E-state index contributed by atoms with van der Waals surface area (Å²) in [5.74, 6) is -0.240. The van der Waals surface area contributed by atoms with Crippen LogP contribution in [-0.4, -0.2) is 73.2 Å². The van der Waals surface area contributed by atoms with Gasteiger partial charge in [-0.15, -0.1) is 0 Å². The van der Waals surface area contributed by atoms with Gasteiger partial charge in [0.15, 0.2) is 31.2 Å². The van der Waals surface area contributed by atoms with Crippen LogP contribution >= 0.6 is 0 Å². The number of amides is 1. The highest BCUT2D eigenvalue weighted by atomic mass is 28.4. The van der Waals surface area contributed by atoms with Crippen molar-refractivity contribution in [3.63, 3.8) is 0 Å². The van der Waals surface area contributed by atoms with Gasteiger partial charge >= 0.3 is 0 Å². The molecule has 0 aromatic carbocycles. The van der Waals surface area contributed by atoms with E-state index in [1.54, 1.807) is 0 Å². The lowest BCUT2D eigenvalue weighted by atomic mass is 9.97. The minimum Gasteiger partial charge on any atom is -0.415 e. The molecule has 1 fully saturated rings. The van der Waals surface area contributed by atoms with Crippen LogP contribution in [0.5, 0.6) is 0 Å². The summed E-state index contributed by atoms with van der Waals surface area (Å²) in [6, 6.07) is -0.682. The Balaban J connectivity index is 3.22. The van der Waals surface area contributed by atoms with Crippen molar-refractivity contribution in [2.24, 2.45) is 0 Å². The Morgan fingerprint density at radius 2 is 1.41 bits per heavy atom. The molecule has 7 nitrogen and oxygen atoms in total. The molecule has 1 amide bonds. The Bertz CT molecular complexity index is 500. The lowest BCUT2D eigenvalue weighted by molar-refractivity contribution is -0.245. The van der Waals surface area contributed by atoms with Crippen LogP contribution in [0.15, 0.2) is 0 Å². The van der Waals surface area contributed by atoms with Crippen molar-refractivity contribution >= 4 is 30.9 Å². The van der Waals surface area contributed by atoms with E-state index in [0.29, 0.717) is 6.61 Å². The molecule has 0 spiro atoms. The van der Waals surface area contributed by atoms with E-state index in [9.17, 15) is 9.90 Å². The first-order valence-corrected chi connectivity index (χ1v) is 19.8. The van der Waals surface area contributed by atoms with Gasteiger partial charge in [-0.2, -0.15) is 0 Å². The van der Waals surface area contributed by atoms with Crippen molar-refractivity contribution in [1.29, 1.82) is 0 Å². The molecule has 1 heterocycles. The number of carbonyl (C=O) groups excluding carboxylic acids is 1. The van der Waals surface area contributed by atoms with Crippen LogP contribution in [0, 0.1) is 0 Å². The molecule has 10 heteroatoms. The smallest absolute Gasteiger partial charge is 0.217 e. The van der Waals surface area contributed by atoms with Gasteiger partial charge in [0.25, 0.3) is 0 Å². The normalized spacial score (nSPS) is 30.3. The molecule has 0 saturated carbocycles. The van der Waals surface area contributed by atoms with Gasteiger partial charge in [-0.25, -0.2) is 0 Å². The summed E-state index contributed by atoms with van der Waals surface area (Å²) in [4.78, 5) is 11.7. The molecule has 0 radical (unpaired) electrons. The maximum absolute atomic E-state index is 11.7. The van der Waals surface area contributed by atoms with Gasteiger partial charge in [-0.05, 0) is 58.9 Å². The zero-order chi connectivity index (χ0) is 21.2. The fourth-order valence-electron chi connectivity index (χ4n) is 2.87. The van der Waals surface area contributed by atoms with Crippen molar-refractivity contribution in [3.05, 3.63) is 0 Å². The highest BCUT2D eigenvalue weighted by Gasteiger charge is 2.50. The molecule has 0 unspecified atom stereocenters. The molecule has 27 heavy (non-hydrogen) atoms. The van der Waals surface area contributed by atoms with E-state index in [4.69, 9.17) is 18.0 Å². The first-order valence-electron chi connectivity index (χ1n) is 9.59. The van der Waals surface area contributed by atoms with Gasteiger partial charge in [0, 0.05) is 6.92 Å². The highest BCUT2D eigenvalue weighted by Crippen LogP contribution is 2.30. The summed E-state index contributed by atoms with van der Waals surface area (Å²) in [6.45, 7) is 20.6. The average Bonchev–Trinajstić information content (AvgIpc) is 2.40. The van der Waals surface area contributed by atoms with E-state index in [2.05, 4.69) is 64.2 Å². The highest BCUT2D eigenvalue weighted by molar-refractivity contribution is 6.70. The summed E-state index contributed by atoms with van der Waals surface area (Å²) < 4.78 is 24.8. The van der Waals surface area contributed by atoms with E-state index in [0.717, 1.165) is 0 Å². The Morgan fingerprint density at radius 1 is 0.926 bits per heavy atom. The minimum absolute atomic E-state index is 0.240. The minimum atomic E-state index is -1.99. The summed E-state index contributed by atoms with van der Waals surface area (Å²) in [7, 11) is -5.71. The second-order valence-corrected chi connectivity index (χ2v) is 23.5. The number of aliphatic hydroxyl groups excluding tert-OH is 1. The quantitative estimate of drug-likeness (QED) is 0.568. The molecule has 1 aliphatic heterocycles. The number of nitrogens with one attached hydrogen (secondary N) is 1. The van der Waals surface area contributed by atoms with Crippen LogP contribution in [-0.2, 0) is 22.8 Å². The van der Waals surface area contributed by atoms with E-state index in [1.807, 2.05) is 0 Å². The number of hydrogen-bond acceptors (Lipinski definition) is 6. The van der Waals surface area contributed by atoms with Gasteiger partial charge in [0.05, 0.1) is 12.7 Å². The molecule has 0 aliphatic carbocycles. The number of aliphatic hydroxyl groups is 1. The second kappa shape index (κ2) is 9.16. The van der Waals surface area contributed by atoms with Crippen LogP contribution in [0.3, 0.4) is 0 Å². The lowest BCUT2D eigenvalue weighted by Gasteiger charge is -2.48. The molecule has 2 N–H and O–H groups in total. The van der Waals surface area contributed by atoms with Crippen LogP contribution in [0.25, 0.3) is 0 Å². The topological polar surface area (TPSA) is 86.3 Å². The molecular formula is C17H39NO6Si3. The van der Waals surface area contributed by atoms with Gasteiger partial charge < -0.3 is 28.4 Å². The second-order valence-electron chi connectivity index (χ2n) is 10.1. The zero-order valence-electron chi connectivity index (χ0n) is 18.6. The molecule has 5 atom stereocenters. The fraction of sp³-hybridized carbons (Fsp3) is 0.941. The van der Waals surface area contributed by atoms with Gasteiger partial charge in [-0.3, -0.25) is 4.79 Å². The molecule has 1 aliphatic rings. The largest absolute Gasteiger partial charge is 0.415 e. The first-order chi connectivity index (χ1) is 12.0. The van der Waals surface area contributed by atoms with Crippen LogP contribution in [0.2, 0.25) is 58.9 Å². The zero-order valence-corrected chi connectivity index (χ0v) is 21.6. The predicted octanol–water partition coefficient (Wildman–Crippen LogP) is 2.50. The van der Waals surface area contributed by atoms with Gasteiger partial charge in [0.1, 0.15) is 18.2 Å². The Kier molecular flexibility index (Phi) is 8.47. The van der Waals surface area contributed by atoms with E-state index < -0.39 is 55.6 Å². The molecular weight excluding hydrogens is 398 g/mol. The third-order valence-electron chi connectivity index (χ3n) is 3.70. The molecule has 0 bridgehead atoms. The Labute approximate surface area is 167 Å². The Morgan fingerprint density at radius 3 is 1.81 bits per heavy atom. The number of carbonyl (C=O) groups is 1. The third kappa shape index (κ3) is 9.31. The molecule has 1 saturated heterocycles.